The Morgan fingerprint density at radius 3 is 2.94 bits per heavy atom. The summed E-state index contributed by atoms with van der Waals surface area (Å²) in [6, 6.07) is 3.03. The monoisotopic (exact) mass is 251 g/mol. The van der Waals surface area contributed by atoms with Gasteiger partial charge in [-0.15, -0.1) is 0 Å². The number of pyridine rings is 1. The molecule has 1 aliphatic carbocycles. The lowest BCUT2D eigenvalue weighted by Gasteiger charge is -2.10. The molecule has 0 aromatic carbocycles. The van der Waals surface area contributed by atoms with Crippen molar-refractivity contribution < 1.29 is 9.18 Å². The minimum absolute atomic E-state index is 0.151. The number of amides is 1. The van der Waals surface area contributed by atoms with Gasteiger partial charge in [-0.25, -0.2) is 9.37 Å². The van der Waals surface area contributed by atoms with Gasteiger partial charge in [-0.05, 0) is 31.1 Å². The predicted molar refractivity (Wildman–Crippen MR) is 62.9 cm³/mol. The zero-order chi connectivity index (χ0) is 12.3. The summed E-state index contributed by atoms with van der Waals surface area (Å²) in [6.45, 7) is 0. The molecule has 87 valence electrons. The van der Waals surface area contributed by atoms with Gasteiger partial charge in [0.2, 0.25) is 0 Å². The van der Waals surface area contributed by atoms with Crippen molar-refractivity contribution in [2.24, 2.45) is 0 Å². The standard InChI is InChI=1S/C12H9ClFN2O/c13-8-5-6-11(15-7-8)12(17)16-10-4-2-1-3-9(10)14/h2-7H,1H2,(H,16,17). The molecule has 3 nitrogen and oxygen atoms in total. The second kappa shape index (κ2) is 5.10. The summed E-state index contributed by atoms with van der Waals surface area (Å²) in [5.74, 6) is -0.901. The van der Waals surface area contributed by atoms with Crippen molar-refractivity contribution in [2.45, 2.75) is 6.42 Å². The lowest BCUT2D eigenvalue weighted by molar-refractivity contribution is 0.0960. The maximum atomic E-state index is 13.3. The molecule has 1 aromatic rings. The Morgan fingerprint density at radius 1 is 1.47 bits per heavy atom. The largest absolute Gasteiger partial charge is 0.318 e. The van der Waals surface area contributed by atoms with Crippen molar-refractivity contribution in [1.82, 2.24) is 10.3 Å². The number of aromatic nitrogens is 1. The molecule has 1 aromatic heterocycles. The van der Waals surface area contributed by atoms with Crippen LogP contribution in [0.1, 0.15) is 16.9 Å². The smallest absolute Gasteiger partial charge is 0.274 e. The summed E-state index contributed by atoms with van der Waals surface area (Å²) in [5.41, 5.74) is 0.340. The summed E-state index contributed by atoms with van der Waals surface area (Å²) in [4.78, 5) is 15.5. The third kappa shape index (κ3) is 2.91. The van der Waals surface area contributed by atoms with Crippen molar-refractivity contribution in [2.75, 3.05) is 0 Å². The Bertz CT molecular complexity index is 494. The van der Waals surface area contributed by atoms with Gasteiger partial charge in [0.25, 0.3) is 5.91 Å². The molecule has 0 aliphatic heterocycles. The summed E-state index contributed by atoms with van der Waals surface area (Å²) in [5, 5.41) is 2.89. The Hall–Kier alpha value is -1.68. The first kappa shape index (κ1) is 11.8. The molecule has 1 aliphatic rings. The highest BCUT2D eigenvalue weighted by molar-refractivity contribution is 6.30. The molecule has 0 saturated carbocycles. The highest BCUT2D eigenvalue weighted by atomic mass is 35.5. The predicted octanol–water partition coefficient (Wildman–Crippen LogP) is 2.81. The van der Waals surface area contributed by atoms with Gasteiger partial charge in [0.15, 0.2) is 0 Å². The number of carbonyl (C=O) groups is 1. The fraction of sp³-hybridized carbons (Fsp3) is 0.0833. The van der Waals surface area contributed by atoms with Gasteiger partial charge in [-0.2, -0.15) is 0 Å². The minimum atomic E-state index is -0.466. The van der Waals surface area contributed by atoms with E-state index in [1.165, 1.54) is 24.4 Å². The Kier molecular flexibility index (Phi) is 3.54. The molecule has 0 spiro atoms. The Labute approximate surface area is 103 Å². The molecule has 1 radical (unpaired) electrons. The van der Waals surface area contributed by atoms with Gasteiger partial charge >= 0.3 is 0 Å². The highest BCUT2D eigenvalue weighted by Crippen LogP contribution is 2.17. The van der Waals surface area contributed by atoms with E-state index in [9.17, 15) is 9.18 Å². The average Bonchev–Trinajstić information content (AvgIpc) is 2.33. The summed E-state index contributed by atoms with van der Waals surface area (Å²) >= 11 is 5.65. The molecule has 0 unspecified atom stereocenters. The fourth-order valence-corrected chi connectivity index (χ4v) is 1.46. The molecule has 0 fully saturated rings. The number of halogens is 2. The normalized spacial score (nSPS) is 14.9. The molecular weight excluding hydrogens is 243 g/mol. The van der Waals surface area contributed by atoms with Crippen LogP contribution in [-0.4, -0.2) is 10.9 Å². The zero-order valence-corrected chi connectivity index (χ0v) is 9.54. The van der Waals surface area contributed by atoms with E-state index in [2.05, 4.69) is 10.3 Å². The van der Waals surface area contributed by atoms with E-state index in [0.717, 1.165) is 0 Å². The van der Waals surface area contributed by atoms with Crippen molar-refractivity contribution in [3.8, 4) is 0 Å². The topological polar surface area (TPSA) is 42.0 Å². The number of allylic oxidation sites excluding steroid dienone is 3. The second-order valence-electron chi connectivity index (χ2n) is 3.42. The maximum absolute atomic E-state index is 13.3. The van der Waals surface area contributed by atoms with Crippen molar-refractivity contribution in [3.63, 3.8) is 0 Å². The van der Waals surface area contributed by atoms with E-state index < -0.39 is 11.7 Å². The number of rotatable bonds is 2. The molecule has 2 rings (SSSR count). The summed E-state index contributed by atoms with van der Waals surface area (Å²) < 4.78 is 13.3. The number of nitrogens with one attached hydrogen (secondary N) is 1. The van der Waals surface area contributed by atoms with Gasteiger partial charge in [0.05, 0.1) is 10.7 Å². The molecule has 5 heteroatoms. The van der Waals surface area contributed by atoms with Crippen molar-refractivity contribution in [1.29, 1.82) is 0 Å². The minimum Gasteiger partial charge on any atom is -0.318 e. The van der Waals surface area contributed by atoms with E-state index in [4.69, 9.17) is 11.6 Å². The Morgan fingerprint density at radius 2 is 2.29 bits per heavy atom. The van der Waals surface area contributed by atoms with Crippen LogP contribution in [0.25, 0.3) is 0 Å². The van der Waals surface area contributed by atoms with Gasteiger partial charge in [-0.1, -0.05) is 17.7 Å². The van der Waals surface area contributed by atoms with Gasteiger partial charge < -0.3 is 5.32 Å². The van der Waals surface area contributed by atoms with Crippen LogP contribution in [0, 0.1) is 6.42 Å². The van der Waals surface area contributed by atoms with Crippen LogP contribution in [0.2, 0.25) is 5.02 Å². The molecule has 1 amide bonds. The average molecular weight is 252 g/mol. The lowest BCUT2D eigenvalue weighted by atomic mass is 10.1. The molecule has 0 bridgehead atoms. The van der Waals surface area contributed by atoms with Crippen molar-refractivity contribution in [3.05, 3.63) is 59.1 Å². The first-order chi connectivity index (χ1) is 8.16. The van der Waals surface area contributed by atoms with Crippen LogP contribution in [-0.2, 0) is 0 Å². The summed E-state index contributed by atoms with van der Waals surface area (Å²) in [6.07, 6.45) is 6.58. The maximum Gasteiger partial charge on any atom is 0.274 e. The van der Waals surface area contributed by atoms with E-state index in [-0.39, 0.29) is 11.4 Å². The molecule has 1 N–H and O–H groups in total. The molecule has 0 saturated heterocycles. The first-order valence-electron chi connectivity index (χ1n) is 4.99. The lowest BCUT2D eigenvalue weighted by Crippen LogP contribution is -2.24. The van der Waals surface area contributed by atoms with Gasteiger partial charge in [0.1, 0.15) is 11.5 Å². The van der Waals surface area contributed by atoms with Crippen LogP contribution >= 0.6 is 11.6 Å². The van der Waals surface area contributed by atoms with Crippen LogP contribution in [0.3, 0.4) is 0 Å². The van der Waals surface area contributed by atoms with Gasteiger partial charge in [0, 0.05) is 6.20 Å². The highest BCUT2D eigenvalue weighted by Gasteiger charge is 2.13. The van der Waals surface area contributed by atoms with Crippen molar-refractivity contribution >= 4 is 17.5 Å². The molecular formula is C12H9ClFN2O. The third-order valence-corrected chi connectivity index (χ3v) is 2.41. The fourth-order valence-electron chi connectivity index (χ4n) is 1.34. The number of hydrogen-bond donors (Lipinski definition) is 1. The molecule has 0 atom stereocenters. The number of carbonyl (C=O) groups excluding carboxylic acids is 1. The quantitative estimate of drug-likeness (QED) is 0.878. The van der Waals surface area contributed by atoms with E-state index >= 15 is 0 Å². The van der Waals surface area contributed by atoms with Crippen LogP contribution in [0.15, 0.2) is 42.0 Å². The van der Waals surface area contributed by atoms with Crippen LogP contribution in [0.4, 0.5) is 4.39 Å². The van der Waals surface area contributed by atoms with E-state index in [1.807, 2.05) is 0 Å². The first-order valence-corrected chi connectivity index (χ1v) is 5.37. The number of nitrogens with zero attached hydrogens (tertiary/aromatic N) is 1. The zero-order valence-electron chi connectivity index (χ0n) is 8.78. The van der Waals surface area contributed by atoms with Gasteiger partial charge in [-0.3, -0.25) is 4.79 Å². The Balaban J connectivity index is 2.09. The van der Waals surface area contributed by atoms with Crippen LogP contribution in [0.5, 0.6) is 0 Å². The third-order valence-electron chi connectivity index (χ3n) is 2.18. The second-order valence-corrected chi connectivity index (χ2v) is 3.86. The molecule has 17 heavy (non-hydrogen) atoms. The summed E-state index contributed by atoms with van der Waals surface area (Å²) in [7, 11) is 0. The van der Waals surface area contributed by atoms with Crippen LogP contribution < -0.4 is 5.32 Å². The van der Waals surface area contributed by atoms with E-state index in [1.54, 1.807) is 12.5 Å². The molecule has 1 heterocycles. The number of hydrogen-bond acceptors (Lipinski definition) is 2. The van der Waals surface area contributed by atoms with E-state index in [0.29, 0.717) is 11.4 Å². The SMILES string of the molecule is O=C(NC1=C[CH]CC=C1F)c1ccc(Cl)cn1.